The maximum atomic E-state index is 13.9. The monoisotopic (exact) mass is 388 g/mol. The molecule has 146 valence electrons. The van der Waals surface area contributed by atoms with Gasteiger partial charge in [-0.2, -0.15) is 0 Å². The smallest absolute Gasteiger partial charge is 0.255 e. The molecule has 0 radical (unpaired) electrons. The first-order valence-electron chi connectivity index (χ1n) is 9.53. The van der Waals surface area contributed by atoms with Crippen LogP contribution in [0.25, 0.3) is 0 Å². The number of carbonyl (C=O) groups excluding carboxylic acids is 2. The van der Waals surface area contributed by atoms with Crippen LogP contribution in [0.2, 0.25) is 0 Å². The van der Waals surface area contributed by atoms with Crippen LogP contribution < -0.4 is 5.32 Å². The third-order valence-electron chi connectivity index (χ3n) is 5.24. The van der Waals surface area contributed by atoms with E-state index in [4.69, 9.17) is 0 Å². The second kappa shape index (κ2) is 7.87. The summed E-state index contributed by atoms with van der Waals surface area (Å²) in [7, 11) is 0. The molecule has 4 rings (SSSR count). The van der Waals surface area contributed by atoms with Crippen molar-refractivity contribution < 1.29 is 14.0 Å². The Kier molecular flexibility index (Phi) is 5.12. The first kappa shape index (κ1) is 18.9. The summed E-state index contributed by atoms with van der Waals surface area (Å²) in [4.78, 5) is 27.7. The van der Waals surface area contributed by atoms with E-state index in [1.165, 1.54) is 6.07 Å². The molecule has 1 heterocycles. The van der Waals surface area contributed by atoms with Crippen LogP contribution in [0.4, 0.5) is 10.1 Å². The highest BCUT2D eigenvalue weighted by atomic mass is 19.1. The Labute approximate surface area is 169 Å². The van der Waals surface area contributed by atoms with Gasteiger partial charge in [-0.3, -0.25) is 9.59 Å². The lowest BCUT2D eigenvalue weighted by Crippen LogP contribution is -2.45. The molecule has 4 nitrogen and oxygen atoms in total. The van der Waals surface area contributed by atoms with Crippen LogP contribution in [0.5, 0.6) is 0 Å². The Morgan fingerprint density at radius 1 is 1.07 bits per heavy atom. The summed E-state index contributed by atoms with van der Waals surface area (Å²) in [5.41, 5.74) is 3.37. The summed E-state index contributed by atoms with van der Waals surface area (Å²) in [6.07, 6.45) is 0.376. The SMILES string of the molecule is Cc1ccc(NC(=O)[C@H](Cc2ccccc2)N2Cc3ccccc3C2=O)cc1F. The van der Waals surface area contributed by atoms with Crippen LogP contribution in [0.1, 0.15) is 27.0 Å². The van der Waals surface area contributed by atoms with Crippen LogP contribution in [0, 0.1) is 12.7 Å². The fourth-order valence-corrected chi connectivity index (χ4v) is 3.61. The second-order valence-electron chi connectivity index (χ2n) is 7.25. The molecule has 0 spiro atoms. The standard InChI is InChI=1S/C24H21FN2O2/c1-16-11-12-19(14-21(16)25)26-23(28)22(13-17-7-3-2-4-8-17)27-15-18-9-5-6-10-20(18)24(27)29/h2-12,14,22H,13,15H2,1H3,(H,26,28)/t22-/m0/s1. The number of fused-ring (bicyclic) bond motifs is 1. The van der Waals surface area contributed by atoms with Crippen molar-refractivity contribution in [1.82, 2.24) is 4.90 Å². The largest absolute Gasteiger partial charge is 0.324 e. The molecule has 0 saturated carbocycles. The molecule has 2 amide bonds. The predicted octanol–water partition coefficient (Wildman–Crippen LogP) is 4.34. The lowest BCUT2D eigenvalue weighted by molar-refractivity contribution is -0.120. The molecule has 0 bridgehead atoms. The number of carbonyl (C=O) groups is 2. The van der Waals surface area contributed by atoms with Crippen LogP contribution >= 0.6 is 0 Å². The zero-order valence-electron chi connectivity index (χ0n) is 16.1. The maximum absolute atomic E-state index is 13.9. The zero-order valence-corrected chi connectivity index (χ0v) is 16.1. The summed E-state index contributed by atoms with van der Waals surface area (Å²) in [5, 5.41) is 2.78. The first-order valence-corrected chi connectivity index (χ1v) is 9.53. The fraction of sp³-hybridized carbons (Fsp3) is 0.167. The van der Waals surface area contributed by atoms with E-state index in [2.05, 4.69) is 5.32 Å². The van der Waals surface area contributed by atoms with Crippen molar-refractivity contribution >= 4 is 17.5 Å². The summed E-state index contributed by atoms with van der Waals surface area (Å²) in [5.74, 6) is -0.878. The molecule has 3 aromatic rings. The summed E-state index contributed by atoms with van der Waals surface area (Å²) >= 11 is 0. The highest BCUT2D eigenvalue weighted by Gasteiger charge is 2.36. The normalized spacial score (nSPS) is 13.9. The minimum absolute atomic E-state index is 0.160. The average Bonchev–Trinajstić information content (AvgIpc) is 3.06. The van der Waals surface area contributed by atoms with E-state index in [1.807, 2.05) is 48.5 Å². The molecular formula is C24H21FN2O2. The van der Waals surface area contributed by atoms with E-state index in [1.54, 1.807) is 30.0 Å². The predicted molar refractivity (Wildman–Crippen MR) is 110 cm³/mol. The number of anilines is 1. The van der Waals surface area contributed by atoms with E-state index < -0.39 is 6.04 Å². The first-order chi connectivity index (χ1) is 14.0. The van der Waals surface area contributed by atoms with Gasteiger partial charge in [0.25, 0.3) is 5.91 Å². The van der Waals surface area contributed by atoms with E-state index in [-0.39, 0.29) is 17.6 Å². The van der Waals surface area contributed by atoms with Crippen LogP contribution in [-0.2, 0) is 17.8 Å². The van der Waals surface area contributed by atoms with Gasteiger partial charge in [0.05, 0.1) is 0 Å². The van der Waals surface area contributed by atoms with Gasteiger partial charge in [0.15, 0.2) is 0 Å². The number of amides is 2. The number of hydrogen-bond acceptors (Lipinski definition) is 2. The third kappa shape index (κ3) is 3.90. The molecule has 29 heavy (non-hydrogen) atoms. The van der Waals surface area contributed by atoms with Gasteiger partial charge >= 0.3 is 0 Å². The molecule has 3 aromatic carbocycles. The molecule has 0 fully saturated rings. The summed E-state index contributed by atoms with van der Waals surface area (Å²) < 4.78 is 13.9. The average molecular weight is 388 g/mol. The number of hydrogen-bond donors (Lipinski definition) is 1. The molecule has 0 saturated heterocycles. The zero-order chi connectivity index (χ0) is 20.4. The molecular weight excluding hydrogens is 367 g/mol. The lowest BCUT2D eigenvalue weighted by Gasteiger charge is -2.27. The highest BCUT2D eigenvalue weighted by Crippen LogP contribution is 2.26. The van der Waals surface area contributed by atoms with Crippen LogP contribution in [0.3, 0.4) is 0 Å². The molecule has 0 unspecified atom stereocenters. The number of rotatable bonds is 5. The molecule has 1 aliphatic rings. The second-order valence-corrected chi connectivity index (χ2v) is 7.25. The molecule has 5 heteroatoms. The number of aryl methyl sites for hydroxylation is 1. The Morgan fingerprint density at radius 2 is 1.79 bits per heavy atom. The van der Waals surface area contributed by atoms with Gasteiger partial charge in [-0.05, 0) is 41.8 Å². The van der Waals surface area contributed by atoms with Crippen molar-refractivity contribution in [2.45, 2.75) is 25.9 Å². The summed E-state index contributed by atoms with van der Waals surface area (Å²) in [6.45, 7) is 2.04. The van der Waals surface area contributed by atoms with E-state index in [0.717, 1.165) is 11.1 Å². The number of nitrogens with zero attached hydrogens (tertiary/aromatic N) is 1. The quantitative estimate of drug-likeness (QED) is 0.707. The molecule has 1 aliphatic heterocycles. The Bertz CT molecular complexity index is 1070. The minimum atomic E-state index is -0.707. The van der Waals surface area contributed by atoms with Crippen LogP contribution in [0.15, 0.2) is 72.8 Å². The number of halogens is 1. The van der Waals surface area contributed by atoms with Gasteiger partial charge in [-0.15, -0.1) is 0 Å². The van der Waals surface area contributed by atoms with Crippen molar-refractivity contribution in [1.29, 1.82) is 0 Å². The van der Waals surface area contributed by atoms with E-state index in [9.17, 15) is 14.0 Å². The third-order valence-corrected chi connectivity index (χ3v) is 5.24. The van der Waals surface area contributed by atoms with Gasteiger partial charge in [-0.1, -0.05) is 54.6 Å². The highest BCUT2D eigenvalue weighted by molar-refractivity contribution is 6.03. The van der Waals surface area contributed by atoms with Gasteiger partial charge < -0.3 is 10.2 Å². The van der Waals surface area contributed by atoms with Crippen molar-refractivity contribution in [3.05, 3.63) is 101 Å². The topological polar surface area (TPSA) is 49.4 Å². The fourth-order valence-electron chi connectivity index (χ4n) is 3.61. The van der Waals surface area contributed by atoms with Gasteiger partial charge in [0, 0.05) is 24.2 Å². The van der Waals surface area contributed by atoms with Gasteiger partial charge in [0.1, 0.15) is 11.9 Å². The Morgan fingerprint density at radius 3 is 2.52 bits per heavy atom. The maximum Gasteiger partial charge on any atom is 0.255 e. The van der Waals surface area contributed by atoms with E-state index in [0.29, 0.717) is 29.8 Å². The Hall–Kier alpha value is -3.47. The molecule has 0 aromatic heterocycles. The summed E-state index contributed by atoms with van der Waals surface area (Å²) in [6, 6.07) is 20.8. The van der Waals surface area contributed by atoms with Crippen molar-refractivity contribution in [2.24, 2.45) is 0 Å². The molecule has 0 aliphatic carbocycles. The minimum Gasteiger partial charge on any atom is -0.324 e. The Balaban J connectivity index is 1.62. The van der Waals surface area contributed by atoms with E-state index >= 15 is 0 Å². The van der Waals surface area contributed by atoms with Crippen molar-refractivity contribution in [3.63, 3.8) is 0 Å². The van der Waals surface area contributed by atoms with Crippen molar-refractivity contribution in [3.8, 4) is 0 Å². The van der Waals surface area contributed by atoms with Crippen molar-refractivity contribution in [2.75, 3.05) is 5.32 Å². The van der Waals surface area contributed by atoms with Crippen LogP contribution in [-0.4, -0.2) is 22.8 Å². The van der Waals surface area contributed by atoms with Gasteiger partial charge in [0.2, 0.25) is 5.91 Å². The van der Waals surface area contributed by atoms with Gasteiger partial charge in [-0.25, -0.2) is 4.39 Å². The molecule has 1 N–H and O–H groups in total. The lowest BCUT2D eigenvalue weighted by atomic mass is 10.0. The number of benzene rings is 3. The number of nitrogens with one attached hydrogen (secondary N) is 1. The molecule has 1 atom stereocenters.